The predicted molar refractivity (Wildman–Crippen MR) is 180 cm³/mol. The van der Waals surface area contributed by atoms with Crippen LogP contribution in [0.2, 0.25) is 0 Å². The molecule has 5 heterocycles. The first-order valence-electron chi connectivity index (χ1n) is 16.4. The Bertz CT molecular complexity index is 2040. The molecule has 16 nitrogen and oxygen atoms in total. The number of urea groups is 1. The van der Waals surface area contributed by atoms with E-state index in [1.54, 1.807) is 39.2 Å². The number of imide groups is 1. The number of nitrogens with one attached hydrogen (secondary N) is 1. The summed E-state index contributed by atoms with van der Waals surface area (Å²) in [4.78, 5) is 68.8. The van der Waals surface area contributed by atoms with Crippen LogP contribution in [0.5, 0.6) is 5.75 Å². The lowest BCUT2D eigenvalue weighted by Gasteiger charge is -2.25. The Morgan fingerprint density at radius 3 is 2.56 bits per heavy atom. The first-order chi connectivity index (χ1) is 23.8. The van der Waals surface area contributed by atoms with E-state index in [-0.39, 0.29) is 54.2 Å². The van der Waals surface area contributed by atoms with Gasteiger partial charge >= 0.3 is 12.1 Å². The molecular weight excluding hydrogens is 644 g/mol. The number of anilines is 3. The van der Waals surface area contributed by atoms with E-state index >= 15 is 0 Å². The standard InChI is InChI=1S/C34H38N10O6/c1-18-9-10-35-28(36-18)22-12-23(22)31(46)38-26-13-25(30(40-39-26)42(6)33(48)50-34(2,3)4)49-17-21-15-43-14-20(19-7-8-19)11-24(29(43)37-21)44-16-27(45)41(5)32(44)47/h9-11,13-15,19,22-23H,7-8,12,16-17H2,1-6H3,(H,38,39,46)/t22-,23-/m0/s1. The molecule has 0 radical (unpaired) electrons. The second-order valence-electron chi connectivity index (χ2n) is 14.0. The number of hydrogen-bond donors (Lipinski definition) is 1. The van der Waals surface area contributed by atoms with Crippen molar-refractivity contribution in [2.75, 3.05) is 35.8 Å². The van der Waals surface area contributed by atoms with Crippen LogP contribution in [0.15, 0.2) is 36.8 Å². The molecule has 7 rings (SSSR count). The number of imidazole rings is 1. The summed E-state index contributed by atoms with van der Waals surface area (Å²) in [5, 5.41) is 11.2. The predicted octanol–water partition coefficient (Wildman–Crippen LogP) is 4.19. The number of likely N-dealkylation sites (N-methyl/N-ethyl adjacent to an activating group) is 1. The van der Waals surface area contributed by atoms with E-state index in [1.807, 2.05) is 23.6 Å². The first kappa shape index (κ1) is 32.9. The summed E-state index contributed by atoms with van der Waals surface area (Å²) in [7, 11) is 2.95. The fourth-order valence-corrected chi connectivity index (χ4v) is 5.82. The van der Waals surface area contributed by atoms with Crippen molar-refractivity contribution in [1.29, 1.82) is 0 Å². The van der Waals surface area contributed by atoms with Gasteiger partial charge < -0.3 is 19.2 Å². The largest absolute Gasteiger partial charge is 0.483 e. The first-order valence-corrected chi connectivity index (χ1v) is 16.4. The van der Waals surface area contributed by atoms with Gasteiger partial charge in [0.15, 0.2) is 17.2 Å². The lowest BCUT2D eigenvalue weighted by molar-refractivity contribution is -0.124. The molecule has 3 fully saturated rings. The molecule has 1 aliphatic heterocycles. The van der Waals surface area contributed by atoms with Gasteiger partial charge in [-0.2, -0.15) is 0 Å². The fraction of sp³-hybridized carbons (Fsp3) is 0.441. The highest BCUT2D eigenvalue weighted by atomic mass is 16.6. The van der Waals surface area contributed by atoms with Crippen LogP contribution >= 0.6 is 0 Å². The quantitative estimate of drug-likeness (QED) is 0.250. The highest BCUT2D eigenvalue weighted by Crippen LogP contribution is 2.46. The van der Waals surface area contributed by atoms with Crippen molar-refractivity contribution >= 4 is 46.9 Å². The van der Waals surface area contributed by atoms with Gasteiger partial charge in [-0.25, -0.2) is 24.5 Å². The average Bonchev–Trinajstić information content (AvgIpc) is 3.99. The molecule has 0 unspecified atom stereocenters. The number of carbonyl (C=O) groups excluding carboxylic acids is 4. The maximum absolute atomic E-state index is 13.2. The van der Waals surface area contributed by atoms with E-state index in [9.17, 15) is 19.2 Å². The topological polar surface area (TPSA) is 177 Å². The van der Waals surface area contributed by atoms with Gasteiger partial charge in [-0.3, -0.25) is 24.3 Å². The molecule has 4 aromatic rings. The van der Waals surface area contributed by atoms with E-state index in [1.165, 1.54) is 30.0 Å². The Hall–Kier alpha value is -5.67. The zero-order valence-corrected chi connectivity index (χ0v) is 28.7. The van der Waals surface area contributed by atoms with Crippen molar-refractivity contribution in [2.45, 2.75) is 71.0 Å². The van der Waals surface area contributed by atoms with Crippen molar-refractivity contribution in [3.8, 4) is 5.75 Å². The Balaban J connectivity index is 1.15. The lowest BCUT2D eigenvalue weighted by atomic mass is 10.1. The molecule has 2 saturated carbocycles. The van der Waals surface area contributed by atoms with E-state index in [0.29, 0.717) is 35.2 Å². The van der Waals surface area contributed by atoms with Gasteiger partial charge in [0.1, 0.15) is 24.6 Å². The van der Waals surface area contributed by atoms with Crippen LogP contribution in [0, 0.1) is 12.8 Å². The maximum atomic E-state index is 13.2. The van der Waals surface area contributed by atoms with Gasteiger partial charge in [0.05, 0.1) is 11.4 Å². The third-order valence-corrected chi connectivity index (χ3v) is 8.75. The van der Waals surface area contributed by atoms with Crippen LogP contribution in [-0.4, -0.2) is 84.6 Å². The molecule has 0 spiro atoms. The number of aromatic nitrogens is 6. The zero-order chi connectivity index (χ0) is 35.5. The molecule has 16 heteroatoms. The van der Waals surface area contributed by atoms with E-state index in [0.717, 1.165) is 29.0 Å². The highest BCUT2D eigenvalue weighted by molar-refractivity contribution is 6.13. The van der Waals surface area contributed by atoms with Crippen molar-refractivity contribution < 1.29 is 28.7 Å². The van der Waals surface area contributed by atoms with Crippen LogP contribution in [0.25, 0.3) is 5.65 Å². The maximum Gasteiger partial charge on any atom is 0.415 e. The summed E-state index contributed by atoms with van der Waals surface area (Å²) in [6.07, 6.45) is 7.49. The average molecular weight is 683 g/mol. The molecule has 2 atom stereocenters. The highest BCUT2D eigenvalue weighted by Gasteiger charge is 2.46. The van der Waals surface area contributed by atoms with Crippen LogP contribution in [0.1, 0.15) is 74.6 Å². The number of amides is 5. The third-order valence-electron chi connectivity index (χ3n) is 8.75. The molecule has 3 aliphatic rings. The summed E-state index contributed by atoms with van der Waals surface area (Å²) in [6.45, 7) is 7.00. The number of ether oxygens (including phenoxy) is 2. The minimum atomic E-state index is -0.765. The number of nitrogens with zero attached hydrogens (tertiary/aromatic N) is 9. The minimum absolute atomic E-state index is 0.0592. The minimum Gasteiger partial charge on any atom is -0.483 e. The van der Waals surface area contributed by atoms with Crippen molar-refractivity contribution in [1.82, 2.24) is 34.4 Å². The Kier molecular flexibility index (Phi) is 8.11. The summed E-state index contributed by atoms with van der Waals surface area (Å²) >= 11 is 0. The van der Waals surface area contributed by atoms with Crippen LogP contribution < -0.4 is 19.9 Å². The van der Waals surface area contributed by atoms with E-state index < -0.39 is 17.7 Å². The Morgan fingerprint density at radius 1 is 1.10 bits per heavy atom. The van der Waals surface area contributed by atoms with E-state index in [4.69, 9.17) is 14.5 Å². The van der Waals surface area contributed by atoms with Gasteiger partial charge in [0, 0.05) is 56.3 Å². The number of fused-ring (bicyclic) bond motifs is 1. The van der Waals surface area contributed by atoms with Gasteiger partial charge in [0.2, 0.25) is 17.6 Å². The van der Waals surface area contributed by atoms with Crippen molar-refractivity contribution in [3.05, 3.63) is 59.6 Å². The smallest absolute Gasteiger partial charge is 0.415 e. The Morgan fingerprint density at radius 2 is 1.88 bits per heavy atom. The summed E-state index contributed by atoms with van der Waals surface area (Å²) in [5.74, 6) is 0.392. The lowest BCUT2D eigenvalue weighted by Crippen LogP contribution is -2.35. The molecule has 0 aromatic carbocycles. The fourth-order valence-electron chi connectivity index (χ4n) is 5.82. The molecule has 5 amide bonds. The number of rotatable bonds is 9. The second kappa shape index (κ2) is 12.3. The van der Waals surface area contributed by atoms with Crippen LogP contribution in [-0.2, 0) is 20.9 Å². The molecule has 0 bridgehead atoms. The van der Waals surface area contributed by atoms with E-state index in [2.05, 4.69) is 25.5 Å². The monoisotopic (exact) mass is 682 g/mol. The summed E-state index contributed by atoms with van der Waals surface area (Å²) < 4.78 is 13.6. The van der Waals surface area contributed by atoms with Crippen LogP contribution in [0.4, 0.5) is 26.9 Å². The van der Waals surface area contributed by atoms with Crippen molar-refractivity contribution in [2.24, 2.45) is 5.92 Å². The number of hydrogen-bond acceptors (Lipinski definition) is 11. The SMILES string of the molecule is Cc1ccnc([C@H]2C[C@@H]2C(=O)Nc2cc(OCc3cn4cc(C5CC5)cc(N5CC(=O)N(C)C5=O)c4n3)c(N(C)C(=O)OC(C)(C)C)nn2)n1. The third kappa shape index (κ3) is 6.64. The number of carbonyl (C=O) groups is 4. The normalized spacial score (nSPS) is 18.8. The molecular formula is C34H38N10O6. The van der Waals surface area contributed by atoms with Gasteiger partial charge in [-0.1, -0.05) is 0 Å². The number of aryl methyl sites for hydroxylation is 1. The Labute approximate surface area is 287 Å². The second-order valence-corrected chi connectivity index (χ2v) is 14.0. The summed E-state index contributed by atoms with van der Waals surface area (Å²) in [6, 6.07) is 4.82. The molecule has 1 N–H and O–H groups in total. The van der Waals surface area contributed by atoms with Crippen LogP contribution in [0.3, 0.4) is 0 Å². The van der Waals surface area contributed by atoms with Gasteiger partial charge in [0.25, 0.3) is 0 Å². The molecule has 2 aliphatic carbocycles. The van der Waals surface area contributed by atoms with Gasteiger partial charge in [-0.05, 0) is 70.6 Å². The number of pyridine rings is 1. The molecule has 50 heavy (non-hydrogen) atoms. The molecule has 260 valence electrons. The van der Waals surface area contributed by atoms with Gasteiger partial charge in [-0.15, -0.1) is 10.2 Å². The molecule has 1 saturated heterocycles. The summed E-state index contributed by atoms with van der Waals surface area (Å²) in [5.41, 5.74) is 2.67. The van der Waals surface area contributed by atoms with Crippen molar-refractivity contribution in [3.63, 3.8) is 0 Å². The zero-order valence-electron chi connectivity index (χ0n) is 28.7. The molecule has 4 aromatic heterocycles.